The van der Waals surface area contributed by atoms with Crippen LogP contribution < -0.4 is 5.32 Å². The third-order valence-corrected chi connectivity index (χ3v) is 5.08. The summed E-state index contributed by atoms with van der Waals surface area (Å²) in [5.74, 6) is 0. The Bertz CT molecular complexity index is 638. The monoisotopic (exact) mass is 339 g/mol. The maximum Gasteiger partial charge on any atom is 0.170 e. The second kappa shape index (κ2) is 8.25. The number of aromatic nitrogens is 1. The van der Waals surface area contributed by atoms with Gasteiger partial charge in [-0.15, -0.1) is 0 Å². The summed E-state index contributed by atoms with van der Waals surface area (Å²) in [5, 5.41) is 4.36. The molecule has 0 unspecified atom stereocenters. The van der Waals surface area contributed by atoms with Crippen molar-refractivity contribution in [2.45, 2.75) is 51.2 Å². The van der Waals surface area contributed by atoms with E-state index in [0.717, 1.165) is 17.4 Å². The third-order valence-electron chi connectivity index (χ3n) is 4.72. The molecular weight excluding hydrogens is 314 g/mol. The van der Waals surface area contributed by atoms with Crippen molar-refractivity contribution >= 4 is 17.3 Å². The number of hydrogen-bond acceptors (Lipinski definition) is 2. The molecule has 1 aromatic carbocycles. The molecule has 3 nitrogen and oxygen atoms in total. The van der Waals surface area contributed by atoms with E-state index >= 15 is 0 Å². The van der Waals surface area contributed by atoms with Crippen LogP contribution in [0.4, 0.5) is 0 Å². The van der Waals surface area contributed by atoms with Crippen molar-refractivity contribution in [3.05, 3.63) is 66.0 Å². The standard InChI is InChI=1S/C20H25N3S/c1-16(17-9-3-2-4-10-17)22-20(24)23(19-12-5-6-13-19)15-18-11-7-8-14-21-18/h2-4,7-11,14,16,19H,5-6,12-13,15H2,1H3,(H,22,24)/t16-/m0/s1. The molecule has 0 aliphatic heterocycles. The van der Waals surface area contributed by atoms with Gasteiger partial charge in [0.1, 0.15) is 0 Å². The Balaban J connectivity index is 1.71. The van der Waals surface area contributed by atoms with Crippen LogP contribution in [0, 0.1) is 0 Å². The highest BCUT2D eigenvalue weighted by molar-refractivity contribution is 7.80. The number of pyridine rings is 1. The minimum atomic E-state index is 0.200. The van der Waals surface area contributed by atoms with Crippen LogP contribution in [0.15, 0.2) is 54.7 Å². The molecule has 0 bridgehead atoms. The molecule has 1 saturated carbocycles. The first-order valence-corrected chi connectivity index (χ1v) is 9.17. The summed E-state index contributed by atoms with van der Waals surface area (Å²) in [6, 6.07) is 17.2. The van der Waals surface area contributed by atoms with Crippen LogP contribution in [-0.4, -0.2) is 21.0 Å². The Morgan fingerprint density at radius 2 is 1.88 bits per heavy atom. The lowest BCUT2D eigenvalue weighted by Gasteiger charge is -2.33. The highest BCUT2D eigenvalue weighted by Crippen LogP contribution is 2.25. The molecule has 24 heavy (non-hydrogen) atoms. The van der Waals surface area contributed by atoms with Crippen LogP contribution in [0.5, 0.6) is 0 Å². The number of benzene rings is 1. The van der Waals surface area contributed by atoms with Crippen LogP contribution in [0.2, 0.25) is 0 Å². The highest BCUT2D eigenvalue weighted by Gasteiger charge is 2.25. The first-order chi connectivity index (χ1) is 11.7. The Morgan fingerprint density at radius 1 is 1.17 bits per heavy atom. The van der Waals surface area contributed by atoms with E-state index < -0.39 is 0 Å². The molecular formula is C20H25N3S. The molecule has 2 aromatic rings. The van der Waals surface area contributed by atoms with Crippen molar-refractivity contribution in [2.75, 3.05) is 0 Å². The Hall–Kier alpha value is -1.94. The molecule has 0 spiro atoms. The highest BCUT2D eigenvalue weighted by atomic mass is 32.1. The van der Waals surface area contributed by atoms with Gasteiger partial charge in [-0.05, 0) is 49.7 Å². The fourth-order valence-corrected chi connectivity index (χ4v) is 3.73. The van der Waals surface area contributed by atoms with Gasteiger partial charge in [0.25, 0.3) is 0 Å². The van der Waals surface area contributed by atoms with Gasteiger partial charge in [-0.2, -0.15) is 0 Å². The van der Waals surface area contributed by atoms with Gasteiger partial charge in [-0.25, -0.2) is 0 Å². The van der Waals surface area contributed by atoms with E-state index in [-0.39, 0.29) is 6.04 Å². The molecule has 4 heteroatoms. The van der Waals surface area contributed by atoms with Gasteiger partial charge < -0.3 is 10.2 Å². The summed E-state index contributed by atoms with van der Waals surface area (Å²) in [6.07, 6.45) is 6.87. The summed E-state index contributed by atoms with van der Waals surface area (Å²) in [5.41, 5.74) is 2.32. The van der Waals surface area contributed by atoms with E-state index in [1.165, 1.54) is 31.2 Å². The van der Waals surface area contributed by atoms with Gasteiger partial charge in [0, 0.05) is 12.2 Å². The zero-order chi connectivity index (χ0) is 16.8. The normalized spacial score (nSPS) is 15.9. The predicted octanol–water partition coefficient (Wildman–Crippen LogP) is 4.46. The zero-order valence-electron chi connectivity index (χ0n) is 14.2. The van der Waals surface area contributed by atoms with Crippen molar-refractivity contribution in [3.63, 3.8) is 0 Å². The molecule has 0 amide bonds. The fraction of sp³-hybridized carbons (Fsp3) is 0.400. The van der Waals surface area contributed by atoms with Crippen molar-refractivity contribution in [1.82, 2.24) is 15.2 Å². The van der Waals surface area contributed by atoms with Crippen LogP contribution in [0.3, 0.4) is 0 Å². The van der Waals surface area contributed by atoms with Crippen molar-refractivity contribution in [3.8, 4) is 0 Å². The second-order valence-corrected chi connectivity index (χ2v) is 6.86. The number of rotatable bonds is 5. The van der Waals surface area contributed by atoms with Crippen LogP contribution in [0.1, 0.15) is 49.9 Å². The first-order valence-electron chi connectivity index (χ1n) is 8.76. The van der Waals surface area contributed by atoms with Crippen LogP contribution in [-0.2, 0) is 6.54 Å². The topological polar surface area (TPSA) is 28.2 Å². The smallest absolute Gasteiger partial charge is 0.170 e. The molecule has 1 aliphatic carbocycles. The average molecular weight is 340 g/mol. The summed E-state index contributed by atoms with van der Waals surface area (Å²) in [6.45, 7) is 2.94. The molecule has 1 aromatic heterocycles. The number of nitrogens with zero attached hydrogens (tertiary/aromatic N) is 2. The molecule has 0 saturated heterocycles. The van der Waals surface area contributed by atoms with E-state index in [1.807, 2.05) is 24.4 Å². The molecule has 3 rings (SSSR count). The third kappa shape index (κ3) is 4.32. The number of thiocarbonyl (C=S) groups is 1. The van der Waals surface area contributed by atoms with E-state index in [0.29, 0.717) is 6.04 Å². The van der Waals surface area contributed by atoms with E-state index in [2.05, 4.69) is 52.5 Å². The maximum atomic E-state index is 5.77. The lowest BCUT2D eigenvalue weighted by molar-refractivity contribution is 0.297. The fourth-order valence-electron chi connectivity index (χ4n) is 3.34. The first kappa shape index (κ1) is 16.9. The maximum absolute atomic E-state index is 5.77. The van der Waals surface area contributed by atoms with Gasteiger partial charge in [0.05, 0.1) is 18.3 Å². The Morgan fingerprint density at radius 3 is 2.54 bits per heavy atom. The minimum Gasteiger partial charge on any atom is -0.356 e. The number of nitrogens with one attached hydrogen (secondary N) is 1. The quantitative estimate of drug-likeness (QED) is 0.814. The predicted molar refractivity (Wildman–Crippen MR) is 103 cm³/mol. The van der Waals surface area contributed by atoms with E-state index in [4.69, 9.17) is 12.2 Å². The summed E-state index contributed by atoms with van der Waals surface area (Å²) in [4.78, 5) is 6.82. The lowest BCUT2D eigenvalue weighted by Crippen LogP contribution is -2.45. The molecule has 126 valence electrons. The van der Waals surface area contributed by atoms with Gasteiger partial charge in [0.2, 0.25) is 0 Å². The van der Waals surface area contributed by atoms with Gasteiger partial charge in [-0.3, -0.25) is 4.98 Å². The van der Waals surface area contributed by atoms with Crippen LogP contribution in [0.25, 0.3) is 0 Å². The van der Waals surface area contributed by atoms with E-state index in [1.54, 1.807) is 0 Å². The van der Waals surface area contributed by atoms with Gasteiger partial charge in [-0.1, -0.05) is 49.2 Å². The molecule has 1 N–H and O–H groups in total. The molecule has 1 aliphatic rings. The lowest BCUT2D eigenvalue weighted by atomic mass is 10.1. The second-order valence-electron chi connectivity index (χ2n) is 6.47. The van der Waals surface area contributed by atoms with Crippen molar-refractivity contribution in [2.24, 2.45) is 0 Å². The Labute approximate surface area is 150 Å². The van der Waals surface area contributed by atoms with Crippen molar-refractivity contribution < 1.29 is 0 Å². The molecule has 1 atom stereocenters. The van der Waals surface area contributed by atoms with Gasteiger partial charge >= 0.3 is 0 Å². The average Bonchev–Trinajstić information content (AvgIpc) is 3.15. The minimum absolute atomic E-state index is 0.200. The molecule has 0 radical (unpaired) electrons. The molecule has 1 heterocycles. The summed E-state index contributed by atoms with van der Waals surface area (Å²) in [7, 11) is 0. The van der Waals surface area contributed by atoms with Gasteiger partial charge in [0.15, 0.2) is 5.11 Å². The summed E-state index contributed by atoms with van der Waals surface area (Å²) < 4.78 is 0. The molecule has 1 fully saturated rings. The number of hydrogen-bond donors (Lipinski definition) is 1. The zero-order valence-corrected chi connectivity index (χ0v) is 15.0. The SMILES string of the molecule is C[C@H](NC(=S)N(Cc1ccccn1)C1CCCC1)c1ccccc1. The van der Waals surface area contributed by atoms with Crippen LogP contribution >= 0.6 is 12.2 Å². The Kier molecular flexibility index (Phi) is 5.81. The van der Waals surface area contributed by atoms with E-state index in [9.17, 15) is 0 Å². The van der Waals surface area contributed by atoms with Crippen molar-refractivity contribution in [1.29, 1.82) is 0 Å². The largest absolute Gasteiger partial charge is 0.356 e. The summed E-state index contributed by atoms with van der Waals surface area (Å²) >= 11 is 5.77.